The Morgan fingerprint density at radius 2 is 1.89 bits per heavy atom. The first-order chi connectivity index (χ1) is 8.95. The Labute approximate surface area is 105 Å². The van der Waals surface area contributed by atoms with E-state index in [9.17, 15) is 13.9 Å². The van der Waals surface area contributed by atoms with Gasteiger partial charge in [-0.15, -0.1) is 0 Å². The number of anilines is 2. The van der Waals surface area contributed by atoms with E-state index in [0.717, 1.165) is 12.1 Å². The van der Waals surface area contributed by atoms with Crippen molar-refractivity contribution in [1.29, 1.82) is 5.26 Å². The Kier molecular flexibility index (Phi) is 2.88. The number of nitrogen functional groups attached to an aromatic ring is 2. The summed E-state index contributed by atoms with van der Waals surface area (Å²) in [5, 5.41) is 18.6. The molecule has 0 saturated carbocycles. The molecule has 0 fully saturated rings. The van der Waals surface area contributed by atoms with Gasteiger partial charge in [-0.05, 0) is 12.1 Å². The molecule has 0 aliphatic carbocycles. The van der Waals surface area contributed by atoms with Gasteiger partial charge in [0.2, 0.25) is 5.95 Å². The molecule has 6 nitrogen and oxygen atoms in total. The predicted octanol–water partition coefficient (Wildman–Crippen LogP) is 1.16. The lowest BCUT2D eigenvalue weighted by molar-refractivity contribution is 0.458. The zero-order chi connectivity index (χ0) is 14.2. The van der Waals surface area contributed by atoms with Gasteiger partial charge in [-0.1, -0.05) is 0 Å². The number of hydrogen-bond acceptors (Lipinski definition) is 6. The number of aromatic nitrogens is 2. The van der Waals surface area contributed by atoms with E-state index in [-0.39, 0.29) is 23.0 Å². The number of aromatic hydroxyl groups is 1. The van der Waals surface area contributed by atoms with Crippen LogP contribution in [-0.4, -0.2) is 15.1 Å². The van der Waals surface area contributed by atoms with Gasteiger partial charge in [0, 0.05) is 0 Å². The fraction of sp³-hybridized carbons (Fsp3) is 0. The van der Waals surface area contributed by atoms with E-state index in [1.54, 1.807) is 6.07 Å². The van der Waals surface area contributed by atoms with Crippen molar-refractivity contribution in [2.45, 2.75) is 0 Å². The maximum atomic E-state index is 13.7. The van der Waals surface area contributed by atoms with E-state index in [4.69, 9.17) is 16.7 Å². The molecule has 96 valence electrons. The fourth-order valence-electron chi connectivity index (χ4n) is 1.55. The first kappa shape index (κ1) is 12.5. The number of nitrogens with two attached hydrogens (primary N) is 2. The van der Waals surface area contributed by atoms with E-state index in [0.29, 0.717) is 0 Å². The molecule has 0 bridgehead atoms. The van der Waals surface area contributed by atoms with E-state index < -0.39 is 22.9 Å². The van der Waals surface area contributed by atoms with Gasteiger partial charge in [0.15, 0.2) is 11.6 Å². The van der Waals surface area contributed by atoms with Crippen LogP contribution < -0.4 is 11.5 Å². The Morgan fingerprint density at radius 3 is 2.53 bits per heavy atom. The topological polar surface area (TPSA) is 122 Å². The van der Waals surface area contributed by atoms with Crippen molar-refractivity contribution in [1.82, 2.24) is 9.97 Å². The maximum Gasteiger partial charge on any atom is 0.222 e. The summed E-state index contributed by atoms with van der Waals surface area (Å²) in [6.07, 6.45) is 0. The summed E-state index contributed by atoms with van der Waals surface area (Å²) in [7, 11) is 0. The van der Waals surface area contributed by atoms with Crippen molar-refractivity contribution < 1.29 is 13.9 Å². The second-order valence-corrected chi connectivity index (χ2v) is 3.56. The average molecular weight is 263 g/mol. The van der Waals surface area contributed by atoms with E-state index >= 15 is 0 Å². The third-order valence-electron chi connectivity index (χ3n) is 2.38. The molecule has 1 aromatic carbocycles. The van der Waals surface area contributed by atoms with E-state index in [2.05, 4.69) is 9.97 Å². The highest BCUT2D eigenvalue weighted by molar-refractivity contribution is 5.77. The number of hydrogen-bond donors (Lipinski definition) is 3. The first-order valence-corrected chi connectivity index (χ1v) is 4.96. The molecule has 1 heterocycles. The van der Waals surface area contributed by atoms with Crippen LogP contribution in [0.15, 0.2) is 12.1 Å². The molecule has 19 heavy (non-hydrogen) atoms. The second kappa shape index (κ2) is 4.38. The van der Waals surface area contributed by atoms with Crippen molar-refractivity contribution >= 4 is 11.8 Å². The number of phenolic OH excluding ortho intramolecular Hbond substituents is 1. The lowest BCUT2D eigenvalue weighted by Crippen LogP contribution is -2.06. The second-order valence-electron chi connectivity index (χ2n) is 3.56. The van der Waals surface area contributed by atoms with Gasteiger partial charge in [0.1, 0.15) is 28.9 Å². The Balaban J connectivity index is 2.87. The molecule has 0 amide bonds. The number of rotatable bonds is 1. The third-order valence-corrected chi connectivity index (χ3v) is 2.38. The zero-order valence-corrected chi connectivity index (χ0v) is 9.35. The number of phenols is 1. The van der Waals surface area contributed by atoms with Gasteiger partial charge >= 0.3 is 0 Å². The van der Waals surface area contributed by atoms with Crippen molar-refractivity contribution in [3.63, 3.8) is 0 Å². The van der Waals surface area contributed by atoms with Crippen LogP contribution in [0.2, 0.25) is 0 Å². The minimum Gasteiger partial charge on any atom is -0.507 e. The Bertz CT molecular complexity index is 711. The average Bonchev–Trinajstić information content (AvgIpc) is 2.34. The maximum absolute atomic E-state index is 13.7. The summed E-state index contributed by atoms with van der Waals surface area (Å²) >= 11 is 0. The number of nitrogens with zero attached hydrogens (tertiary/aromatic N) is 3. The number of nitriles is 1. The quantitative estimate of drug-likeness (QED) is 0.709. The minimum atomic E-state index is -1.35. The predicted molar refractivity (Wildman–Crippen MR) is 62.6 cm³/mol. The van der Waals surface area contributed by atoms with Gasteiger partial charge < -0.3 is 16.6 Å². The molecule has 0 saturated heterocycles. The van der Waals surface area contributed by atoms with Gasteiger partial charge in [-0.2, -0.15) is 10.2 Å². The van der Waals surface area contributed by atoms with Crippen LogP contribution in [0.5, 0.6) is 5.75 Å². The first-order valence-electron chi connectivity index (χ1n) is 4.96. The van der Waals surface area contributed by atoms with Gasteiger partial charge in [0.25, 0.3) is 0 Å². The molecule has 0 unspecified atom stereocenters. The summed E-state index contributed by atoms with van der Waals surface area (Å²) in [6.45, 7) is 0. The van der Waals surface area contributed by atoms with E-state index in [1.807, 2.05) is 0 Å². The number of halogens is 2. The Morgan fingerprint density at radius 1 is 1.21 bits per heavy atom. The lowest BCUT2D eigenvalue weighted by atomic mass is 10.0. The van der Waals surface area contributed by atoms with Crippen LogP contribution >= 0.6 is 0 Å². The molecule has 0 radical (unpaired) electrons. The molecular weight excluding hydrogens is 256 g/mol. The molecule has 2 aromatic rings. The van der Waals surface area contributed by atoms with Crippen LogP contribution in [-0.2, 0) is 0 Å². The molecule has 0 aliphatic heterocycles. The summed E-state index contributed by atoms with van der Waals surface area (Å²) in [4.78, 5) is 7.17. The fourth-order valence-corrected chi connectivity index (χ4v) is 1.55. The largest absolute Gasteiger partial charge is 0.507 e. The molecule has 1 aromatic heterocycles. The van der Waals surface area contributed by atoms with Crippen molar-refractivity contribution in [2.75, 3.05) is 11.5 Å². The van der Waals surface area contributed by atoms with E-state index in [1.165, 1.54) is 0 Å². The highest BCUT2D eigenvalue weighted by atomic mass is 19.2. The molecule has 8 heteroatoms. The monoisotopic (exact) mass is 263 g/mol. The van der Waals surface area contributed by atoms with Crippen LogP contribution in [0.4, 0.5) is 20.5 Å². The van der Waals surface area contributed by atoms with Crippen molar-refractivity contribution in [3.05, 3.63) is 29.3 Å². The molecule has 2 rings (SSSR count). The van der Waals surface area contributed by atoms with Crippen LogP contribution in [0.1, 0.15) is 5.56 Å². The van der Waals surface area contributed by atoms with Crippen LogP contribution in [0.3, 0.4) is 0 Å². The molecule has 0 atom stereocenters. The number of benzene rings is 1. The molecule has 5 N–H and O–H groups in total. The van der Waals surface area contributed by atoms with Crippen molar-refractivity contribution in [3.8, 4) is 23.1 Å². The molecule has 0 aliphatic rings. The standard InChI is InChI=1S/C11H7F2N5O/c12-5-1-2-6(19)7(8(5)13)9-4(3-14)10(15)18-11(16)17-9/h1-2,19H,(H4,15,16,17,18). The summed E-state index contributed by atoms with van der Waals surface area (Å²) in [6, 6.07) is 3.34. The van der Waals surface area contributed by atoms with Gasteiger partial charge in [0.05, 0.1) is 5.56 Å². The SMILES string of the molecule is N#Cc1c(N)nc(N)nc1-c1c(O)ccc(F)c1F. The van der Waals surface area contributed by atoms with Gasteiger partial charge in [-0.3, -0.25) is 0 Å². The Hall–Kier alpha value is -2.95. The molecular formula is C11H7F2N5O. The lowest BCUT2D eigenvalue weighted by Gasteiger charge is -2.09. The van der Waals surface area contributed by atoms with Crippen LogP contribution in [0, 0.1) is 23.0 Å². The minimum absolute atomic E-state index is 0.284. The zero-order valence-electron chi connectivity index (χ0n) is 9.35. The third kappa shape index (κ3) is 1.97. The smallest absolute Gasteiger partial charge is 0.222 e. The summed E-state index contributed by atoms with van der Waals surface area (Å²) in [5.74, 6) is -3.75. The van der Waals surface area contributed by atoms with Crippen molar-refractivity contribution in [2.24, 2.45) is 0 Å². The highest BCUT2D eigenvalue weighted by Gasteiger charge is 2.22. The normalized spacial score (nSPS) is 10.2. The highest BCUT2D eigenvalue weighted by Crippen LogP contribution is 2.35. The molecule has 0 spiro atoms. The summed E-state index contributed by atoms with van der Waals surface area (Å²) in [5.41, 5.74) is 9.56. The summed E-state index contributed by atoms with van der Waals surface area (Å²) < 4.78 is 26.9. The van der Waals surface area contributed by atoms with Crippen LogP contribution in [0.25, 0.3) is 11.3 Å². The van der Waals surface area contributed by atoms with Gasteiger partial charge in [-0.25, -0.2) is 13.8 Å².